The molecule has 3 aliphatic rings. The Labute approximate surface area is 229 Å². The van der Waals surface area contributed by atoms with Crippen LogP contribution in [0.15, 0.2) is 53.3 Å². The van der Waals surface area contributed by atoms with Crippen LogP contribution in [0.2, 0.25) is 0 Å². The molecule has 0 bridgehead atoms. The lowest BCUT2D eigenvalue weighted by molar-refractivity contribution is -0.142. The van der Waals surface area contributed by atoms with Gasteiger partial charge in [-0.05, 0) is 60.4 Å². The second-order valence-corrected chi connectivity index (χ2v) is 11.0. The summed E-state index contributed by atoms with van der Waals surface area (Å²) in [6, 6.07) is 12.6. The van der Waals surface area contributed by atoms with Crippen LogP contribution in [0.5, 0.6) is 0 Å². The fourth-order valence-electron chi connectivity index (χ4n) is 5.95. The standard InChI is InChI=1S/C30H30F3N3O4/c31-30(32,33)22-6-2-4-20(16-22)25(37)27(39)36-12-7-24-23(17-36)26(38)35-28(34-24)29(10-11-29)21-5-1-3-19(15-21)18-8-13-40-14-9-18/h1-6,15-16,18,25,37H,7-14,17H2,(H,34,35,38)/t25-/m1/s1. The lowest BCUT2D eigenvalue weighted by atomic mass is 9.86. The normalized spacial score (nSPS) is 19.6. The van der Waals surface area contributed by atoms with E-state index in [-0.39, 0.29) is 29.6 Å². The molecule has 2 N–H and O–H groups in total. The molecule has 1 aromatic heterocycles. The second kappa shape index (κ2) is 10.2. The Hall–Kier alpha value is -3.50. The molecule has 2 fully saturated rings. The number of amides is 1. The van der Waals surface area contributed by atoms with Crippen molar-refractivity contribution in [2.45, 2.75) is 62.3 Å². The molecule has 1 amide bonds. The Morgan fingerprint density at radius 1 is 1.12 bits per heavy atom. The number of alkyl halides is 3. The maximum atomic E-state index is 13.2. The minimum absolute atomic E-state index is 0.0704. The fraction of sp³-hybridized carbons (Fsp3) is 0.433. The van der Waals surface area contributed by atoms with E-state index in [1.807, 2.05) is 0 Å². The number of hydrogen-bond donors (Lipinski definition) is 2. The number of halogens is 3. The Kier molecular flexibility index (Phi) is 6.78. The highest BCUT2D eigenvalue weighted by molar-refractivity contribution is 5.82. The van der Waals surface area contributed by atoms with E-state index >= 15 is 0 Å². The molecular weight excluding hydrogens is 523 g/mol. The Morgan fingerprint density at radius 2 is 1.88 bits per heavy atom. The Balaban J connectivity index is 1.22. The summed E-state index contributed by atoms with van der Waals surface area (Å²) in [4.78, 5) is 35.4. The number of aromatic amines is 1. The molecule has 2 aromatic carbocycles. The third-order valence-corrected chi connectivity index (χ3v) is 8.48. The monoisotopic (exact) mass is 553 g/mol. The van der Waals surface area contributed by atoms with Crippen molar-refractivity contribution in [1.29, 1.82) is 0 Å². The first-order chi connectivity index (χ1) is 19.2. The van der Waals surface area contributed by atoms with Crippen LogP contribution >= 0.6 is 0 Å². The van der Waals surface area contributed by atoms with E-state index in [0.717, 1.165) is 62.7 Å². The molecule has 0 unspecified atom stereocenters. The van der Waals surface area contributed by atoms with Crippen molar-refractivity contribution >= 4 is 5.91 Å². The predicted octanol–water partition coefficient (Wildman–Crippen LogP) is 4.38. The van der Waals surface area contributed by atoms with Crippen molar-refractivity contribution < 1.29 is 27.8 Å². The third kappa shape index (κ3) is 4.94. The Morgan fingerprint density at radius 3 is 2.60 bits per heavy atom. The van der Waals surface area contributed by atoms with Gasteiger partial charge in [0, 0.05) is 26.2 Å². The molecule has 210 valence electrons. The van der Waals surface area contributed by atoms with E-state index < -0.39 is 23.8 Å². The lowest BCUT2D eigenvalue weighted by Gasteiger charge is -2.30. The van der Waals surface area contributed by atoms with Gasteiger partial charge in [0.2, 0.25) is 0 Å². The highest BCUT2D eigenvalue weighted by Crippen LogP contribution is 2.52. The van der Waals surface area contributed by atoms with Gasteiger partial charge in [0.1, 0.15) is 5.82 Å². The third-order valence-electron chi connectivity index (χ3n) is 8.48. The number of benzene rings is 2. The van der Waals surface area contributed by atoms with Gasteiger partial charge >= 0.3 is 6.18 Å². The van der Waals surface area contributed by atoms with Crippen molar-refractivity contribution in [3.05, 3.63) is 98.2 Å². The van der Waals surface area contributed by atoms with Crippen molar-refractivity contribution in [2.24, 2.45) is 0 Å². The van der Waals surface area contributed by atoms with E-state index in [1.54, 1.807) is 0 Å². The number of nitrogens with one attached hydrogen (secondary N) is 1. The molecule has 40 heavy (non-hydrogen) atoms. The first kappa shape index (κ1) is 26.7. The molecule has 2 aliphatic heterocycles. The SMILES string of the molecule is O=C([C@H](O)c1cccc(C(F)(F)F)c1)N1CCc2nc(C3(c4cccc(C5CCOCC5)c4)CC3)[nH]c(=O)c2C1. The minimum atomic E-state index is -4.59. The quantitative estimate of drug-likeness (QED) is 0.489. The maximum Gasteiger partial charge on any atom is 0.416 e. The summed E-state index contributed by atoms with van der Waals surface area (Å²) in [7, 11) is 0. The molecule has 7 nitrogen and oxygen atoms in total. The zero-order chi connectivity index (χ0) is 28.1. The number of fused-ring (bicyclic) bond motifs is 1. The van der Waals surface area contributed by atoms with E-state index in [1.165, 1.54) is 16.5 Å². The van der Waals surface area contributed by atoms with Crippen molar-refractivity contribution in [3.8, 4) is 0 Å². The van der Waals surface area contributed by atoms with Crippen LogP contribution < -0.4 is 5.56 Å². The average Bonchev–Trinajstić information content (AvgIpc) is 3.79. The number of H-pyrrole nitrogens is 1. The number of aliphatic hydroxyl groups excluding tert-OH is 1. The van der Waals surface area contributed by atoms with Crippen LogP contribution in [0.25, 0.3) is 0 Å². The summed E-state index contributed by atoms with van der Waals surface area (Å²) in [6.07, 6.45) is -2.33. The number of rotatable bonds is 5. The van der Waals surface area contributed by atoms with E-state index in [9.17, 15) is 27.9 Å². The van der Waals surface area contributed by atoms with E-state index in [4.69, 9.17) is 9.72 Å². The molecule has 1 aliphatic carbocycles. The van der Waals surface area contributed by atoms with Crippen molar-refractivity contribution in [3.63, 3.8) is 0 Å². The average molecular weight is 554 g/mol. The highest BCUT2D eigenvalue weighted by atomic mass is 19.4. The van der Waals surface area contributed by atoms with E-state index in [2.05, 4.69) is 29.2 Å². The van der Waals surface area contributed by atoms with Crippen LogP contribution in [-0.2, 0) is 34.1 Å². The van der Waals surface area contributed by atoms with Gasteiger partial charge in [-0.1, -0.05) is 36.4 Å². The summed E-state index contributed by atoms with van der Waals surface area (Å²) >= 11 is 0. The number of aliphatic hydroxyl groups is 1. The van der Waals surface area contributed by atoms with E-state index in [0.29, 0.717) is 29.4 Å². The fourth-order valence-corrected chi connectivity index (χ4v) is 5.95. The first-order valence-electron chi connectivity index (χ1n) is 13.6. The number of ether oxygens (including phenoxy) is 1. The highest BCUT2D eigenvalue weighted by Gasteiger charge is 2.49. The smallest absolute Gasteiger partial charge is 0.381 e. The van der Waals surface area contributed by atoms with Gasteiger partial charge in [-0.15, -0.1) is 0 Å². The van der Waals surface area contributed by atoms with Crippen molar-refractivity contribution in [2.75, 3.05) is 19.8 Å². The topological polar surface area (TPSA) is 95.5 Å². The van der Waals surface area contributed by atoms with Crippen LogP contribution in [0.3, 0.4) is 0 Å². The molecule has 10 heteroatoms. The number of aromatic nitrogens is 2. The zero-order valence-corrected chi connectivity index (χ0v) is 21.8. The Bertz CT molecular complexity index is 1490. The van der Waals surface area contributed by atoms with Crippen LogP contribution in [0, 0.1) is 0 Å². The summed E-state index contributed by atoms with van der Waals surface area (Å²) in [5.41, 5.74) is 1.60. The van der Waals surface area contributed by atoms with Crippen LogP contribution in [-0.4, -0.2) is 45.6 Å². The molecule has 6 rings (SSSR count). The van der Waals surface area contributed by atoms with Gasteiger partial charge in [-0.3, -0.25) is 9.59 Å². The largest absolute Gasteiger partial charge is 0.416 e. The zero-order valence-electron chi connectivity index (χ0n) is 21.8. The van der Waals surface area contributed by atoms with Gasteiger partial charge in [-0.2, -0.15) is 13.2 Å². The molecule has 1 saturated carbocycles. The maximum absolute atomic E-state index is 13.2. The minimum Gasteiger partial charge on any atom is -0.381 e. The summed E-state index contributed by atoms with van der Waals surface area (Å²) in [6.45, 7) is 1.65. The molecule has 0 spiro atoms. The predicted molar refractivity (Wildman–Crippen MR) is 140 cm³/mol. The second-order valence-electron chi connectivity index (χ2n) is 11.0. The van der Waals surface area contributed by atoms with Gasteiger partial charge in [-0.25, -0.2) is 4.98 Å². The molecular formula is C30H30F3N3O4. The molecule has 0 radical (unpaired) electrons. The van der Waals surface area contributed by atoms with Gasteiger partial charge in [0.25, 0.3) is 11.5 Å². The number of nitrogens with zero attached hydrogens (tertiary/aromatic N) is 2. The number of carbonyl (C=O) groups is 1. The molecule has 1 atom stereocenters. The van der Waals surface area contributed by atoms with Crippen molar-refractivity contribution in [1.82, 2.24) is 14.9 Å². The van der Waals surface area contributed by atoms with Gasteiger partial charge < -0.3 is 19.7 Å². The van der Waals surface area contributed by atoms with Crippen LogP contribution in [0.1, 0.15) is 77.0 Å². The lowest BCUT2D eigenvalue weighted by Crippen LogP contribution is -2.42. The molecule has 3 heterocycles. The summed E-state index contributed by atoms with van der Waals surface area (Å²) < 4.78 is 44.8. The summed E-state index contributed by atoms with van der Waals surface area (Å²) in [5.74, 6) is 0.330. The first-order valence-corrected chi connectivity index (χ1v) is 13.6. The van der Waals surface area contributed by atoms with Gasteiger partial charge in [0.05, 0.1) is 28.8 Å². The molecule has 1 saturated heterocycles. The number of carbonyl (C=O) groups excluding carboxylic acids is 1. The van der Waals surface area contributed by atoms with Gasteiger partial charge in [0.15, 0.2) is 6.10 Å². The number of hydrogen-bond acceptors (Lipinski definition) is 5. The van der Waals surface area contributed by atoms with Crippen LogP contribution in [0.4, 0.5) is 13.2 Å². The molecule has 3 aromatic rings. The summed E-state index contributed by atoms with van der Waals surface area (Å²) in [5, 5.41) is 10.6.